The van der Waals surface area contributed by atoms with Crippen LogP contribution in [0.25, 0.3) is 5.82 Å². The van der Waals surface area contributed by atoms with Crippen LogP contribution in [0.5, 0.6) is 0 Å². The van der Waals surface area contributed by atoms with Gasteiger partial charge in [-0.2, -0.15) is 5.10 Å². The number of amides is 1. The van der Waals surface area contributed by atoms with Crippen molar-refractivity contribution in [3.63, 3.8) is 0 Å². The monoisotopic (exact) mass is 338 g/mol. The number of piperazine rings is 1. The summed E-state index contributed by atoms with van der Waals surface area (Å²) in [6.45, 7) is 3.11. The summed E-state index contributed by atoms with van der Waals surface area (Å²) in [4.78, 5) is 29.0. The van der Waals surface area contributed by atoms with Gasteiger partial charge in [0.1, 0.15) is 30.8 Å². The molecule has 9 nitrogen and oxygen atoms in total. The third-order valence-corrected chi connectivity index (χ3v) is 4.22. The summed E-state index contributed by atoms with van der Waals surface area (Å²) in [5.74, 6) is 1.72. The average Bonchev–Trinajstić information content (AvgIpc) is 3.36. The molecule has 0 aromatic carbocycles. The first-order valence-corrected chi connectivity index (χ1v) is 8.10. The Balaban J connectivity index is 1.39. The summed E-state index contributed by atoms with van der Waals surface area (Å²) in [6.07, 6.45) is 10.3. The van der Waals surface area contributed by atoms with E-state index < -0.39 is 0 Å². The third kappa shape index (κ3) is 3.35. The van der Waals surface area contributed by atoms with Crippen LogP contribution in [-0.4, -0.2) is 66.3 Å². The number of hydrogen-bond acceptors (Lipinski definition) is 6. The van der Waals surface area contributed by atoms with Gasteiger partial charge < -0.3 is 9.80 Å². The number of rotatable bonds is 4. The highest BCUT2D eigenvalue weighted by Gasteiger charge is 2.22. The fraction of sp³-hybridized carbons (Fsp3) is 0.312. The van der Waals surface area contributed by atoms with Gasteiger partial charge in [0.2, 0.25) is 5.91 Å². The molecule has 1 aliphatic rings. The zero-order chi connectivity index (χ0) is 17.1. The Bertz CT molecular complexity index is 822. The molecule has 0 aliphatic carbocycles. The van der Waals surface area contributed by atoms with Gasteiger partial charge in [-0.3, -0.25) is 14.0 Å². The average molecular weight is 338 g/mol. The lowest BCUT2D eigenvalue weighted by Crippen LogP contribution is -2.49. The summed E-state index contributed by atoms with van der Waals surface area (Å²) in [5, 5.41) is 4.08. The van der Waals surface area contributed by atoms with E-state index in [1.807, 2.05) is 27.8 Å². The SMILES string of the molecule is O=C(Cn1cccn1)N1CCN(c2cc(-n3ccnc3)ncn2)CC1. The second-order valence-corrected chi connectivity index (χ2v) is 5.78. The quantitative estimate of drug-likeness (QED) is 0.676. The number of aromatic nitrogens is 6. The van der Waals surface area contributed by atoms with Crippen molar-refractivity contribution in [3.05, 3.63) is 49.6 Å². The van der Waals surface area contributed by atoms with Crippen molar-refractivity contribution in [1.29, 1.82) is 0 Å². The van der Waals surface area contributed by atoms with Crippen molar-refractivity contribution in [3.8, 4) is 5.82 Å². The number of imidazole rings is 1. The zero-order valence-corrected chi connectivity index (χ0v) is 13.6. The summed E-state index contributed by atoms with van der Waals surface area (Å²) < 4.78 is 3.49. The van der Waals surface area contributed by atoms with Crippen LogP contribution < -0.4 is 4.90 Å². The van der Waals surface area contributed by atoms with E-state index >= 15 is 0 Å². The van der Waals surface area contributed by atoms with Gasteiger partial charge in [0, 0.05) is 57.0 Å². The van der Waals surface area contributed by atoms with Gasteiger partial charge in [-0.25, -0.2) is 15.0 Å². The molecule has 1 saturated heterocycles. The molecule has 1 aliphatic heterocycles. The van der Waals surface area contributed by atoms with Gasteiger partial charge in [0.25, 0.3) is 0 Å². The van der Waals surface area contributed by atoms with E-state index in [0.717, 1.165) is 24.7 Å². The molecule has 3 aromatic rings. The Morgan fingerprint density at radius 2 is 1.88 bits per heavy atom. The first kappa shape index (κ1) is 15.3. The molecular weight excluding hydrogens is 320 g/mol. The van der Waals surface area contributed by atoms with Gasteiger partial charge in [0.15, 0.2) is 0 Å². The number of carbonyl (C=O) groups is 1. The van der Waals surface area contributed by atoms with Gasteiger partial charge in [-0.05, 0) is 6.07 Å². The molecule has 0 N–H and O–H groups in total. The normalized spacial score (nSPS) is 14.7. The van der Waals surface area contributed by atoms with Crippen LogP contribution in [0.15, 0.2) is 49.6 Å². The van der Waals surface area contributed by atoms with Crippen LogP contribution in [0.3, 0.4) is 0 Å². The first-order valence-electron chi connectivity index (χ1n) is 8.10. The predicted octanol–water partition coefficient (Wildman–Crippen LogP) is 0.208. The number of hydrogen-bond donors (Lipinski definition) is 0. The van der Waals surface area contributed by atoms with Crippen LogP contribution in [0.1, 0.15) is 0 Å². The van der Waals surface area contributed by atoms with Crippen LogP contribution in [-0.2, 0) is 11.3 Å². The molecule has 0 atom stereocenters. The van der Waals surface area contributed by atoms with Crippen LogP contribution >= 0.6 is 0 Å². The van der Waals surface area contributed by atoms with Crippen molar-refractivity contribution in [2.24, 2.45) is 0 Å². The lowest BCUT2D eigenvalue weighted by atomic mass is 10.3. The number of nitrogens with zero attached hydrogens (tertiary/aromatic N) is 8. The van der Waals surface area contributed by atoms with Crippen LogP contribution in [0.4, 0.5) is 5.82 Å². The fourth-order valence-electron chi connectivity index (χ4n) is 2.86. The van der Waals surface area contributed by atoms with Crippen molar-refractivity contribution < 1.29 is 4.79 Å². The Morgan fingerprint density at radius 1 is 1.04 bits per heavy atom. The molecule has 0 spiro atoms. The largest absolute Gasteiger partial charge is 0.353 e. The van der Waals surface area contributed by atoms with E-state index in [2.05, 4.69) is 25.0 Å². The smallest absolute Gasteiger partial charge is 0.244 e. The Hall–Kier alpha value is -3.23. The summed E-state index contributed by atoms with van der Waals surface area (Å²) in [7, 11) is 0. The maximum absolute atomic E-state index is 12.3. The third-order valence-electron chi connectivity index (χ3n) is 4.22. The Morgan fingerprint density at radius 3 is 2.60 bits per heavy atom. The molecule has 128 valence electrons. The molecule has 4 heterocycles. The Labute approximate surface area is 144 Å². The van der Waals surface area contributed by atoms with E-state index in [1.165, 1.54) is 0 Å². The van der Waals surface area contributed by atoms with Gasteiger partial charge in [0.05, 0.1) is 0 Å². The minimum Gasteiger partial charge on any atom is -0.353 e. The fourth-order valence-corrected chi connectivity index (χ4v) is 2.86. The zero-order valence-electron chi connectivity index (χ0n) is 13.6. The van der Waals surface area contributed by atoms with Crippen molar-refractivity contribution >= 4 is 11.7 Å². The van der Waals surface area contributed by atoms with E-state index in [0.29, 0.717) is 13.1 Å². The second-order valence-electron chi connectivity index (χ2n) is 5.78. The molecule has 25 heavy (non-hydrogen) atoms. The molecule has 1 amide bonds. The van der Waals surface area contributed by atoms with Crippen molar-refractivity contribution in [2.45, 2.75) is 6.54 Å². The summed E-state index contributed by atoms with van der Waals surface area (Å²) >= 11 is 0. The van der Waals surface area contributed by atoms with Gasteiger partial charge >= 0.3 is 0 Å². The van der Waals surface area contributed by atoms with Crippen LogP contribution in [0.2, 0.25) is 0 Å². The molecule has 3 aromatic heterocycles. The topological polar surface area (TPSA) is 85.0 Å². The molecule has 4 rings (SSSR count). The Kier molecular flexibility index (Phi) is 4.11. The number of carbonyl (C=O) groups excluding carboxylic acids is 1. The van der Waals surface area contributed by atoms with E-state index in [1.54, 1.807) is 35.9 Å². The maximum atomic E-state index is 12.3. The van der Waals surface area contributed by atoms with E-state index in [-0.39, 0.29) is 12.5 Å². The van der Waals surface area contributed by atoms with Gasteiger partial charge in [-0.15, -0.1) is 0 Å². The summed E-state index contributed by atoms with van der Waals surface area (Å²) in [5.41, 5.74) is 0. The summed E-state index contributed by atoms with van der Waals surface area (Å²) in [6, 6.07) is 3.75. The number of anilines is 1. The highest BCUT2D eigenvalue weighted by molar-refractivity contribution is 5.76. The van der Waals surface area contributed by atoms with E-state index in [4.69, 9.17) is 0 Å². The molecule has 0 saturated carbocycles. The molecule has 0 radical (unpaired) electrons. The highest BCUT2D eigenvalue weighted by Crippen LogP contribution is 2.16. The predicted molar refractivity (Wildman–Crippen MR) is 90.2 cm³/mol. The van der Waals surface area contributed by atoms with Crippen molar-refractivity contribution in [1.82, 2.24) is 34.2 Å². The van der Waals surface area contributed by atoms with Gasteiger partial charge in [-0.1, -0.05) is 0 Å². The molecular formula is C16H18N8O. The molecule has 1 fully saturated rings. The molecule has 9 heteroatoms. The van der Waals surface area contributed by atoms with Crippen molar-refractivity contribution in [2.75, 3.05) is 31.1 Å². The lowest BCUT2D eigenvalue weighted by molar-refractivity contribution is -0.132. The minimum atomic E-state index is 0.0881. The first-order chi connectivity index (χ1) is 12.3. The minimum absolute atomic E-state index is 0.0881. The molecule has 0 bridgehead atoms. The lowest BCUT2D eigenvalue weighted by Gasteiger charge is -2.35. The molecule has 0 unspecified atom stereocenters. The highest BCUT2D eigenvalue weighted by atomic mass is 16.2. The van der Waals surface area contributed by atoms with Crippen LogP contribution in [0, 0.1) is 0 Å². The van der Waals surface area contributed by atoms with E-state index in [9.17, 15) is 4.79 Å². The maximum Gasteiger partial charge on any atom is 0.244 e. The second kappa shape index (κ2) is 6.71. The standard InChI is InChI=1S/C16H18N8O/c25-16(11-24-4-1-2-20-24)22-8-6-21(7-9-22)14-10-15(19-12-18-14)23-5-3-17-13-23/h1-5,10,12-13H,6-9,11H2.